The van der Waals surface area contributed by atoms with Gasteiger partial charge >= 0.3 is 0 Å². The quantitative estimate of drug-likeness (QED) is 0.524. The topological polar surface area (TPSA) is 81.4 Å². The predicted molar refractivity (Wildman–Crippen MR) is 47.9 cm³/mol. The van der Waals surface area contributed by atoms with Crippen LogP contribution in [-0.2, 0) is 14.3 Å². The lowest BCUT2D eigenvalue weighted by Gasteiger charge is -2.03. The molecule has 0 aliphatic rings. The third-order valence-electron chi connectivity index (χ3n) is 1.28. The molecular formula is C8H16N2O3. The zero-order chi connectivity index (χ0) is 10.1. The molecule has 0 heterocycles. The molecule has 0 aromatic carbocycles. The van der Waals surface area contributed by atoms with E-state index >= 15 is 0 Å². The summed E-state index contributed by atoms with van der Waals surface area (Å²) in [5.41, 5.74) is 4.83. The number of ether oxygens (including phenoxy) is 1. The zero-order valence-electron chi connectivity index (χ0n) is 7.84. The van der Waals surface area contributed by atoms with E-state index in [0.29, 0.717) is 13.2 Å². The molecule has 5 nitrogen and oxygen atoms in total. The van der Waals surface area contributed by atoms with Crippen molar-refractivity contribution in [2.24, 2.45) is 5.73 Å². The van der Waals surface area contributed by atoms with Crippen LogP contribution in [0.15, 0.2) is 0 Å². The molecular weight excluding hydrogens is 172 g/mol. The van der Waals surface area contributed by atoms with Gasteiger partial charge in [0.05, 0.1) is 13.2 Å². The summed E-state index contributed by atoms with van der Waals surface area (Å²) >= 11 is 0. The van der Waals surface area contributed by atoms with Gasteiger partial charge < -0.3 is 15.8 Å². The highest BCUT2D eigenvalue weighted by molar-refractivity contribution is 5.83. The lowest BCUT2D eigenvalue weighted by molar-refractivity contribution is -0.125. The summed E-state index contributed by atoms with van der Waals surface area (Å²) in [7, 11) is 0. The average molecular weight is 188 g/mol. The fourth-order valence-corrected chi connectivity index (χ4v) is 0.685. The summed E-state index contributed by atoms with van der Waals surface area (Å²) in [5.74, 6) is -0.752. The van der Waals surface area contributed by atoms with Gasteiger partial charge in [0.1, 0.15) is 0 Å². The fraction of sp³-hybridized carbons (Fsp3) is 0.750. The van der Waals surface area contributed by atoms with Crippen molar-refractivity contribution < 1.29 is 14.3 Å². The minimum absolute atomic E-state index is 0.105. The molecule has 0 aromatic heterocycles. The third-order valence-corrected chi connectivity index (χ3v) is 1.28. The maximum absolute atomic E-state index is 10.9. The fourth-order valence-electron chi connectivity index (χ4n) is 0.685. The summed E-state index contributed by atoms with van der Waals surface area (Å²) in [6.45, 7) is 2.93. The average Bonchev–Trinajstić information content (AvgIpc) is 2.09. The van der Waals surface area contributed by atoms with Crippen LogP contribution >= 0.6 is 0 Å². The Morgan fingerprint density at radius 3 is 2.62 bits per heavy atom. The van der Waals surface area contributed by atoms with E-state index in [1.807, 2.05) is 6.92 Å². The van der Waals surface area contributed by atoms with E-state index in [4.69, 9.17) is 10.5 Å². The van der Waals surface area contributed by atoms with E-state index in [-0.39, 0.29) is 18.9 Å². The zero-order valence-corrected chi connectivity index (χ0v) is 7.84. The first-order valence-electron chi connectivity index (χ1n) is 4.29. The second kappa shape index (κ2) is 7.54. The van der Waals surface area contributed by atoms with Crippen LogP contribution in [0.5, 0.6) is 0 Å². The molecule has 76 valence electrons. The number of carbonyl (C=O) groups excluding carboxylic acids is 2. The molecule has 0 aliphatic heterocycles. The van der Waals surface area contributed by atoms with Gasteiger partial charge in [-0.15, -0.1) is 0 Å². The van der Waals surface area contributed by atoms with Gasteiger partial charge in [0, 0.05) is 13.0 Å². The van der Waals surface area contributed by atoms with Gasteiger partial charge in [-0.25, -0.2) is 0 Å². The summed E-state index contributed by atoms with van der Waals surface area (Å²) in [5, 5.41) is 2.37. The molecule has 0 aliphatic carbocycles. The predicted octanol–water partition coefficient (Wildman–Crippen LogP) is -0.595. The molecule has 0 saturated heterocycles. The highest BCUT2D eigenvalue weighted by Crippen LogP contribution is 1.85. The first kappa shape index (κ1) is 11.9. The number of carbonyl (C=O) groups is 2. The summed E-state index contributed by atoms with van der Waals surface area (Å²) in [4.78, 5) is 21.2. The summed E-state index contributed by atoms with van der Waals surface area (Å²) in [6.07, 6.45) is 1.20. The first-order chi connectivity index (χ1) is 6.16. The van der Waals surface area contributed by atoms with E-state index in [1.165, 1.54) is 0 Å². The SMILES string of the molecule is CCCOCCC(=O)NCC(N)=O. The normalized spacial score (nSPS) is 9.62. The molecule has 0 rings (SSSR count). The van der Waals surface area contributed by atoms with Gasteiger partial charge in [0.15, 0.2) is 0 Å². The third kappa shape index (κ3) is 8.81. The van der Waals surface area contributed by atoms with Crippen molar-refractivity contribution in [1.82, 2.24) is 5.32 Å². The van der Waals surface area contributed by atoms with Crippen LogP contribution in [0, 0.1) is 0 Å². The Morgan fingerprint density at radius 1 is 1.38 bits per heavy atom. The minimum Gasteiger partial charge on any atom is -0.381 e. The van der Waals surface area contributed by atoms with Gasteiger partial charge in [-0.3, -0.25) is 9.59 Å². The highest BCUT2D eigenvalue weighted by Gasteiger charge is 2.01. The minimum atomic E-state index is -0.539. The number of primary amides is 1. The van der Waals surface area contributed by atoms with E-state index in [9.17, 15) is 9.59 Å². The molecule has 0 unspecified atom stereocenters. The number of rotatable bonds is 7. The molecule has 0 atom stereocenters. The Hall–Kier alpha value is -1.10. The first-order valence-corrected chi connectivity index (χ1v) is 4.29. The molecule has 0 radical (unpaired) electrons. The summed E-state index contributed by atoms with van der Waals surface area (Å²) in [6, 6.07) is 0. The Kier molecular flexibility index (Phi) is 6.91. The van der Waals surface area contributed by atoms with Gasteiger partial charge in [0.2, 0.25) is 11.8 Å². The van der Waals surface area contributed by atoms with Crippen LogP contribution in [0.1, 0.15) is 19.8 Å². The molecule has 5 heteroatoms. The monoisotopic (exact) mass is 188 g/mol. The number of nitrogens with one attached hydrogen (secondary N) is 1. The van der Waals surface area contributed by atoms with Gasteiger partial charge in [-0.1, -0.05) is 6.92 Å². The Balaban J connectivity index is 3.25. The largest absolute Gasteiger partial charge is 0.381 e. The van der Waals surface area contributed by atoms with Crippen LogP contribution in [0.3, 0.4) is 0 Å². The number of hydrogen-bond donors (Lipinski definition) is 2. The van der Waals surface area contributed by atoms with Crippen molar-refractivity contribution in [3.8, 4) is 0 Å². The molecule has 0 bridgehead atoms. The molecule has 0 saturated carbocycles. The molecule has 0 aromatic rings. The van der Waals surface area contributed by atoms with Crippen LogP contribution in [0.2, 0.25) is 0 Å². The standard InChI is InChI=1S/C8H16N2O3/c1-2-4-13-5-3-8(12)10-6-7(9)11/h2-6H2,1H3,(H2,9,11)(H,10,12). The Labute approximate surface area is 77.6 Å². The van der Waals surface area contributed by atoms with Crippen molar-refractivity contribution in [2.45, 2.75) is 19.8 Å². The maximum Gasteiger partial charge on any atom is 0.236 e. The van der Waals surface area contributed by atoms with Crippen molar-refractivity contribution in [3.63, 3.8) is 0 Å². The van der Waals surface area contributed by atoms with Gasteiger partial charge in [-0.05, 0) is 6.42 Å². The number of hydrogen-bond acceptors (Lipinski definition) is 3. The van der Waals surface area contributed by atoms with E-state index in [1.54, 1.807) is 0 Å². The molecule has 0 fully saturated rings. The lowest BCUT2D eigenvalue weighted by Crippen LogP contribution is -2.33. The highest BCUT2D eigenvalue weighted by atomic mass is 16.5. The van der Waals surface area contributed by atoms with Crippen molar-refractivity contribution in [2.75, 3.05) is 19.8 Å². The van der Waals surface area contributed by atoms with Crippen molar-refractivity contribution >= 4 is 11.8 Å². The molecule has 2 amide bonds. The van der Waals surface area contributed by atoms with Gasteiger partial charge in [0.25, 0.3) is 0 Å². The second-order valence-corrected chi connectivity index (χ2v) is 2.61. The lowest BCUT2D eigenvalue weighted by atomic mass is 10.4. The number of nitrogens with two attached hydrogens (primary N) is 1. The van der Waals surface area contributed by atoms with Gasteiger partial charge in [-0.2, -0.15) is 0 Å². The van der Waals surface area contributed by atoms with Crippen molar-refractivity contribution in [1.29, 1.82) is 0 Å². The molecule has 13 heavy (non-hydrogen) atoms. The number of amides is 2. The van der Waals surface area contributed by atoms with Crippen LogP contribution in [0.25, 0.3) is 0 Å². The Morgan fingerprint density at radius 2 is 2.08 bits per heavy atom. The van der Waals surface area contributed by atoms with Crippen LogP contribution in [-0.4, -0.2) is 31.6 Å². The van der Waals surface area contributed by atoms with E-state index in [0.717, 1.165) is 6.42 Å². The van der Waals surface area contributed by atoms with E-state index in [2.05, 4.69) is 5.32 Å². The van der Waals surface area contributed by atoms with Crippen LogP contribution < -0.4 is 11.1 Å². The second-order valence-electron chi connectivity index (χ2n) is 2.61. The Bertz CT molecular complexity index is 171. The summed E-state index contributed by atoms with van der Waals surface area (Å²) < 4.78 is 5.08. The maximum atomic E-state index is 10.9. The van der Waals surface area contributed by atoms with Crippen LogP contribution in [0.4, 0.5) is 0 Å². The van der Waals surface area contributed by atoms with Crippen molar-refractivity contribution in [3.05, 3.63) is 0 Å². The van der Waals surface area contributed by atoms with E-state index < -0.39 is 5.91 Å². The smallest absolute Gasteiger partial charge is 0.236 e. The molecule has 3 N–H and O–H groups in total. The molecule has 0 spiro atoms.